The number of thiazole rings is 1. The smallest absolute Gasteiger partial charge is 0.272 e. The van der Waals surface area contributed by atoms with E-state index >= 15 is 0 Å². The van der Waals surface area contributed by atoms with Gasteiger partial charge in [-0.15, -0.1) is 11.3 Å². The number of carbonyl (C=O) groups is 1. The number of benzene rings is 1. The summed E-state index contributed by atoms with van der Waals surface area (Å²) in [6.45, 7) is 0.322. The lowest BCUT2D eigenvalue weighted by molar-refractivity contribution is 0.0947. The van der Waals surface area contributed by atoms with Gasteiger partial charge in [-0.3, -0.25) is 14.2 Å². The average Bonchev–Trinajstić information content (AvgIpc) is 3.28. The molecule has 0 spiro atoms. The van der Waals surface area contributed by atoms with Gasteiger partial charge in [0.2, 0.25) is 0 Å². The molecule has 0 unspecified atom stereocenters. The number of nitriles is 1. The zero-order valence-corrected chi connectivity index (χ0v) is 14.4. The Morgan fingerprint density at radius 2 is 2.19 bits per heavy atom. The highest BCUT2D eigenvalue weighted by Gasteiger charge is 2.21. The van der Waals surface area contributed by atoms with E-state index in [1.807, 2.05) is 40.2 Å². The van der Waals surface area contributed by atoms with Crippen LogP contribution in [0.5, 0.6) is 0 Å². The maximum absolute atomic E-state index is 12.8. The minimum atomic E-state index is -0.274. The van der Waals surface area contributed by atoms with Gasteiger partial charge in [0.1, 0.15) is 0 Å². The van der Waals surface area contributed by atoms with E-state index in [2.05, 4.69) is 21.4 Å². The molecular weight excluding hydrogens is 346 g/mol. The number of nitrogens with one attached hydrogen (secondary N) is 1. The topological polar surface area (TPSA) is 83.1 Å². The fraction of sp³-hybridized carbons (Fsp3) is 0.0526. The highest BCUT2D eigenvalue weighted by atomic mass is 32.1. The highest BCUT2D eigenvalue weighted by molar-refractivity contribution is 7.15. The first-order valence-electron chi connectivity index (χ1n) is 7.90. The van der Waals surface area contributed by atoms with Crippen molar-refractivity contribution in [2.24, 2.45) is 0 Å². The van der Waals surface area contributed by atoms with Crippen LogP contribution in [0.15, 0.2) is 60.2 Å². The molecule has 0 aliphatic carbocycles. The van der Waals surface area contributed by atoms with Crippen molar-refractivity contribution in [1.82, 2.24) is 19.7 Å². The minimum absolute atomic E-state index is 0.274. The highest BCUT2D eigenvalue weighted by Crippen LogP contribution is 2.28. The number of rotatable bonds is 4. The molecule has 0 aliphatic heterocycles. The zero-order chi connectivity index (χ0) is 17.9. The van der Waals surface area contributed by atoms with Crippen LogP contribution in [0.3, 0.4) is 0 Å². The number of nitrogens with zero attached hydrogens (tertiary/aromatic N) is 4. The van der Waals surface area contributed by atoms with Crippen molar-refractivity contribution in [2.45, 2.75) is 6.54 Å². The number of hydrogen-bond acceptors (Lipinski definition) is 5. The molecule has 3 aromatic heterocycles. The largest absolute Gasteiger partial charge is 0.345 e. The summed E-state index contributed by atoms with van der Waals surface area (Å²) in [4.78, 5) is 22.2. The third-order valence-electron chi connectivity index (χ3n) is 3.90. The van der Waals surface area contributed by atoms with E-state index in [0.29, 0.717) is 23.5 Å². The Kier molecular flexibility index (Phi) is 4.17. The van der Waals surface area contributed by atoms with Crippen molar-refractivity contribution < 1.29 is 4.79 Å². The minimum Gasteiger partial charge on any atom is -0.345 e. The van der Waals surface area contributed by atoms with Crippen LogP contribution in [0.4, 0.5) is 0 Å². The maximum atomic E-state index is 12.8. The second kappa shape index (κ2) is 6.78. The molecule has 0 atom stereocenters. The van der Waals surface area contributed by atoms with E-state index < -0.39 is 0 Å². The Bertz CT molecular complexity index is 1120. The van der Waals surface area contributed by atoms with Crippen LogP contribution in [0.1, 0.15) is 21.7 Å². The van der Waals surface area contributed by atoms with Crippen molar-refractivity contribution in [3.05, 3.63) is 77.2 Å². The Morgan fingerprint density at radius 3 is 3.00 bits per heavy atom. The SMILES string of the molecule is N#Cc1cccc(-c2c(C(=O)NCc3ccccn3)nc3sccn23)c1. The summed E-state index contributed by atoms with van der Waals surface area (Å²) in [5.74, 6) is -0.274. The predicted molar refractivity (Wildman–Crippen MR) is 98.6 cm³/mol. The maximum Gasteiger partial charge on any atom is 0.272 e. The van der Waals surface area contributed by atoms with E-state index in [9.17, 15) is 4.79 Å². The monoisotopic (exact) mass is 359 g/mol. The van der Waals surface area contributed by atoms with Crippen molar-refractivity contribution in [1.29, 1.82) is 5.26 Å². The summed E-state index contributed by atoms with van der Waals surface area (Å²) in [5.41, 5.74) is 3.10. The number of aromatic nitrogens is 3. The van der Waals surface area contributed by atoms with Crippen LogP contribution < -0.4 is 5.32 Å². The summed E-state index contributed by atoms with van der Waals surface area (Å²) in [7, 11) is 0. The van der Waals surface area contributed by atoms with E-state index in [1.54, 1.807) is 24.4 Å². The van der Waals surface area contributed by atoms with Gasteiger partial charge in [0.05, 0.1) is 29.6 Å². The van der Waals surface area contributed by atoms with E-state index in [4.69, 9.17) is 5.26 Å². The summed E-state index contributed by atoms with van der Waals surface area (Å²) >= 11 is 1.45. The molecule has 0 saturated heterocycles. The second-order valence-corrected chi connectivity index (χ2v) is 6.43. The molecule has 1 amide bonds. The Balaban J connectivity index is 1.72. The molecule has 1 N–H and O–H groups in total. The third-order valence-corrected chi connectivity index (χ3v) is 4.66. The van der Waals surface area contributed by atoms with Gasteiger partial charge in [0, 0.05) is 23.3 Å². The van der Waals surface area contributed by atoms with Crippen LogP contribution in [-0.2, 0) is 6.54 Å². The first kappa shape index (κ1) is 16.0. The van der Waals surface area contributed by atoms with Crippen LogP contribution in [-0.4, -0.2) is 20.3 Å². The van der Waals surface area contributed by atoms with Crippen molar-refractivity contribution in [3.63, 3.8) is 0 Å². The fourth-order valence-corrected chi connectivity index (χ4v) is 3.43. The summed E-state index contributed by atoms with van der Waals surface area (Å²) in [6.07, 6.45) is 3.56. The third kappa shape index (κ3) is 2.94. The average molecular weight is 359 g/mol. The van der Waals surface area contributed by atoms with Gasteiger partial charge in [-0.1, -0.05) is 18.2 Å². The molecule has 26 heavy (non-hydrogen) atoms. The molecular formula is C19H13N5OS. The standard InChI is InChI=1S/C19H13N5OS/c20-11-13-4-3-5-14(10-13)17-16(23-19-24(17)8-9-26-19)18(25)22-12-15-6-1-2-7-21-15/h1-10H,12H2,(H,22,25). The molecule has 1 aromatic carbocycles. The van der Waals surface area contributed by atoms with Crippen molar-refractivity contribution in [3.8, 4) is 17.3 Å². The number of carbonyl (C=O) groups excluding carboxylic acids is 1. The van der Waals surface area contributed by atoms with Gasteiger partial charge in [0.15, 0.2) is 10.7 Å². The van der Waals surface area contributed by atoms with Gasteiger partial charge >= 0.3 is 0 Å². The van der Waals surface area contributed by atoms with Gasteiger partial charge < -0.3 is 5.32 Å². The molecule has 0 fully saturated rings. The molecule has 4 rings (SSSR count). The molecule has 4 aromatic rings. The van der Waals surface area contributed by atoms with Crippen LogP contribution in [0.25, 0.3) is 16.2 Å². The van der Waals surface area contributed by atoms with Crippen molar-refractivity contribution in [2.75, 3.05) is 0 Å². The number of fused-ring (bicyclic) bond motifs is 1. The molecule has 0 aliphatic rings. The van der Waals surface area contributed by atoms with Crippen molar-refractivity contribution >= 4 is 22.2 Å². The lowest BCUT2D eigenvalue weighted by Gasteiger charge is -2.06. The van der Waals surface area contributed by atoms with E-state index in [-0.39, 0.29) is 5.91 Å². The zero-order valence-electron chi connectivity index (χ0n) is 13.6. The summed E-state index contributed by atoms with van der Waals surface area (Å²) < 4.78 is 1.87. The van der Waals surface area contributed by atoms with E-state index in [1.165, 1.54) is 11.3 Å². The molecule has 0 radical (unpaired) electrons. The van der Waals surface area contributed by atoms with Crippen LogP contribution >= 0.6 is 11.3 Å². The first-order valence-corrected chi connectivity index (χ1v) is 8.78. The molecule has 6 nitrogen and oxygen atoms in total. The predicted octanol–water partition coefficient (Wildman–Crippen LogP) is 3.26. The molecule has 0 saturated carbocycles. The second-order valence-electron chi connectivity index (χ2n) is 5.56. The van der Waals surface area contributed by atoms with Crippen LogP contribution in [0, 0.1) is 11.3 Å². The number of imidazole rings is 1. The quantitative estimate of drug-likeness (QED) is 0.606. The normalized spacial score (nSPS) is 10.6. The van der Waals surface area contributed by atoms with E-state index in [0.717, 1.165) is 16.2 Å². The van der Waals surface area contributed by atoms with Gasteiger partial charge in [-0.2, -0.15) is 5.26 Å². The summed E-state index contributed by atoms with van der Waals surface area (Å²) in [5, 5.41) is 13.9. The summed E-state index contributed by atoms with van der Waals surface area (Å²) in [6, 6.07) is 14.9. The number of pyridine rings is 1. The van der Waals surface area contributed by atoms with Gasteiger partial charge in [0.25, 0.3) is 5.91 Å². The van der Waals surface area contributed by atoms with Crippen LogP contribution in [0.2, 0.25) is 0 Å². The molecule has 3 heterocycles. The number of amides is 1. The Labute approximate surface area is 153 Å². The van der Waals surface area contributed by atoms with Gasteiger partial charge in [-0.05, 0) is 24.3 Å². The first-order chi connectivity index (χ1) is 12.8. The molecule has 0 bridgehead atoms. The van der Waals surface area contributed by atoms with Gasteiger partial charge in [-0.25, -0.2) is 4.98 Å². The lowest BCUT2D eigenvalue weighted by atomic mass is 10.1. The fourth-order valence-electron chi connectivity index (χ4n) is 2.71. The Morgan fingerprint density at radius 1 is 1.27 bits per heavy atom. The molecule has 126 valence electrons. The molecule has 7 heteroatoms. The Hall–Kier alpha value is -3.50. The number of hydrogen-bond donors (Lipinski definition) is 1. The lowest BCUT2D eigenvalue weighted by Crippen LogP contribution is -2.24.